The quantitative estimate of drug-likeness (QED) is 0.687. The molecule has 0 saturated carbocycles. The van der Waals surface area contributed by atoms with Crippen molar-refractivity contribution in [1.82, 2.24) is 10.6 Å². The summed E-state index contributed by atoms with van der Waals surface area (Å²) in [6, 6.07) is 15.1. The van der Waals surface area contributed by atoms with Gasteiger partial charge >= 0.3 is 0 Å². The predicted molar refractivity (Wildman–Crippen MR) is 112 cm³/mol. The van der Waals surface area contributed by atoms with Gasteiger partial charge in [-0.15, -0.1) is 0 Å². The first-order valence-electron chi connectivity index (χ1n) is 8.87. The van der Waals surface area contributed by atoms with Gasteiger partial charge in [0.2, 0.25) is 0 Å². The van der Waals surface area contributed by atoms with Crippen molar-refractivity contribution in [1.29, 1.82) is 0 Å². The average molecular weight is 382 g/mol. The fourth-order valence-electron chi connectivity index (χ4n) is 3.00. The zero-order valence-electron chi connectivity index (χ0n) is 15.6. The molecule has 140 valence electrons. The van der Waals surface area contributed by atoms with E-state index in [0.717, 1.165) is 28.3 Å². The van der Waals surface area contributed by atoms with Crippen LogP contribution >= 0.6 is 12.2 Å². The van der Waals surface area contributed by atoms with E-state index in [1.807, 2.05) is 69.3 Å². The Bertz CT molecular complexity index is 873. The van der Waals surface area contributed by atoms with Crippen molar-refractivity contribution in [2.45, 2.75) is 26.8 Å². The van der Waals surface area contributed by atoms with Gasteiger partial charge in [0.15, 0.2) is 5.11 Å². The summed E-state index contributed by atoms with van der Waals surface area (Å²) in [5.41, 5.74) is 4.18. The van der Waals surface area contributed by atoms with Gasteiger partial charge in [-0.3, -0.25) is 4.79 Å². The van der Waals surface area contributed by atoms with Gasteiger partial charge < -0.3 is 20.7 Å². The van der Waals surface area contributed by atoms with Gasteiger partial charge in [-0.25, -0.2) is 0 Å². The van der Waals surface area contributed by atoms with E-state index < -0.39 is 0 Å². The Morgan fingerprint density at radius 1 is 1.11 bits per heavy atom. The van der Waals surface area contributed by atoms with Crippen LogP contribution in [-0.2, 0) is 4.79 Å². The third kappa shape index (κ3) is 4.46. The standard InChI is InChI=1S/C21H23N3O2S/c1-4-26-17-11-7-15(8-12-17)19-18(14(3)22-21(27)24-19)20(25)23-16-9-5-13(2)6-10-16/h5-12,19H,4H2,1-3H3,(H,23,25)(H2,22,24,27). The van der Waals surface area contributed by atoms with Crippen molar-refractivity contribution in [2.24, 2.45) is 0 Å². The molecule has 1 amide bonds. The molecule has 2 aromatic rings. The molecule has 0 fully saturated rings. The number of thiocarbonyl (C=S) groups is 1. The minimum absolute atomic E-state index is 0.169. The lowest BCUT2D eigenvalue weighted by molar-refractivity contribution is -0.113. The molecule has 0 spiro atoms. The molecule has 0 saturated heterocycles. The van der Waals surface area contributed by atoms with Gasteiger partial charge in [0, 0.05) is 11.4 Å². The number of amides is 1. The smallest absolute Gasteiger partial charge is 0.255 e. The Morgan fingerprint density at radius 3 is 2.41 bits per heavy atom. The zero-order chi connectivity index (χ0) is 19.4. The van der Waals surface area contributed by atoms with Crippen molar-refractivity contribution in [3.8, 4) is 5.75 Å². The number of nitrogens with one attached hydrogen (secondary N) is 3. The molecule has 1 unspecified atom stereocenters. The second-order valence-corrected chi connectivity index (χ2v) is 6.80. The summed E-state index contributed by atoms with van der Waals surface area (Å²) in [4.78, 5) is 13.0. The van der Waals surface area contributed by atoms with Crippen molar-refractivity contribution < 1.29 is 9.53 Å². The van der Waals surface area contributed by atoms with Crippen LogP contribution in [0.3, 0.4) is 0 Å². The number of hydrogen-bond donors (Lipinski definition) is 3. The third-order valence-corrected chi connectivity index (χ3v) is 4.57. The first kappa shape index (κ1) is 18.9. The van der Waals surface area contributed by atoms with E-state index in [1.165, 1.54) is 0 Å². The highest BCUT2D eigenvalue weighted by molar-refractivity contribution is 7.80. The first-order valence-corrected chi connectivity index (χ1v) is 9.28. The highest BCUT2D eigenvalue weighted by Gasteiger charge is 2.29. The number of allylic oxidation sites excluding steroid dienone is 1. The average Bonchev–Trinajstić information content (AvgIpc) is 2.64. The van der Waals surface area contributed by atoms with Gasteiger partial charge in [-0.2, -0.15) is 0 Å². The number of anilines is 1. The SMILES string of the molecule is CCOc1ccc(C2NC(=S)NC(C)=C2C(=O)Nc2ccc(C)cc2)cc1. The Hall–Kier alpha value is -2.86. The summed E-state index contributed by atoms with van der Waals surface area (Å²) in [5, 5.41) is 9.72. The molecular weight excluding hydrogens is 358 g/mol. The Morgan fingerprint density at radius 2 is 1.78 bits per heavy atom. The van der Waals surface area contributed by atoms with Crippen LogP contribution in [0.5, 0.6) is 5.75 Å². The maximum Gasteiger partial charge on any atom is 0.255 e. The number of benzene rings is 2. The second kappa shape index (κ2) is 8.22. The van der Waals surface area contributed by atoms with Crippen molar-refractivity contribution in [3.63, 3.8) is 0 Å². The number of aryl methyl sites for hydroxylation is 1. The van der Waals surface area contributed by atoms with Gasteiger partial charge in [-0.05, 0) is 62.8 Å². The van der Waals surface area contributed by atoms with Gasteiger partial charge in [0.1, 0.15) is 5.75 Å². The van der Waals surface area contributed by atoms with Crippen LogP contribution < -0.4 is 20.7 Å². The molecule has 0 radical (unpaired) electrons. The summed E-state index contributed by atoms with van der Waals surface area (Å²) >= 11 is 5.30. The van der Waals surface area contributed by atoms with E-state index in [2.05, 4.69) is 16.0 Å². The largest absolute Gasteiger partial charge is 0.494 e. The van der Waals surface area contributed by atoms with Gasteiger partial charge in [-0.1, -0.05) is 29.8 Å². The van der Waals surface area contributed by atoms with E-state index in [-0.39, 0.29) is 11.9 Å². The van der Waals surface area contributed by atoms with Crippen LogP contribution in [0.4, 0.5) is 5.69 Å². The van der Waals surface area contributed by atoms with E-state index >= 15 is 0 Å². The number of ether oxygens (including phenoxy) is 1. The molecule has 0 aliphatic carbocycles. The molecule has 1 aliphatic heterocycles. The fraction of sp³-hybridized carbons (Fsp3) is 0.238. The molecule has 1 atom stereocenters. The van der Waals surface area contributed by atoms with Crippen LogP contribution in [0, 0.1) is 6.92 Å². The minimum Gasteiger partial charge on any atom is -0.494 e. The molecule has 27 heavy (non-hydrogen) atoms. The molecule has 6 heteroatoms. The second-order valence-electron chi connectivity index (χ2n) is 6.39. The topological polar surface area (TPSA) is 62.4 Å². The monoisotopic (exact) mass is 381 g/mol. The summed E-state index contributed by atoms with van der Waals surface area (Å²) in [7, 11) is 0. The van der Waals surface area contributed by atoms with E-state index in [1.54, 1.807) is 0 Å². The number of carbonyl (C=O) groups is 1. The molecule has 3 rings (SSSR count). The molecule has 5 nitrogen and oxygen atoms in total. The van der Waals surface area contributed by atoms with Gasteiger partial charge in [0.25, 0.3) is 5.91 Å². The summed E-state index contributed by atoms with van der Waals surface area (Å²) in [5.74, 6) is 0.627. The Balaban J connectivity index is 1.89. The van der Waals surface area contributed by atoms with Crippen molar-refractivity contribution >= 4 is 28.9 Å². The minimum atomic E-state index is -0.333. The molecule has 2 aromatic carbocycles. The summed E-state index contributed by atoms with van der Waals surface area (Å²) in [6.07, 6.45) is 0. The van der Waals surface area contributed by atoms with Crippen molar-refractivity contribution in [2.75, 3.05) is 11.9 Å². The molecule has 0 bridgehead atoms. The summed E-state index contributed by atoms with van der Waals surface area (Å²) in [6.45, 7) is 6.42. The number of rotatable bonds is 5. The van der Waals surface area contributed by atoms with E-state index in [9.17, 15) is 4.79 Å². The van der Waals surface area contributed by atoms with Gasteiger partial charge in [0.05, 0.1) is 18.2 Å². The van der Waals surface area contributed by atoms with Crippen LogP contribution in [-0.4, -0.2) is 17.6 Å². The lowest BCUT2D eigenvalue weighted by atomic mass is 9.95. The third-order valence-electron chi connectivity index (χ3n) is 4.35. The van der Waals surface area contributed by atoms with E-state index in [0.29, 0.717) is 17.3 Å². The highest BCUT2D eigenvalue weighted by atomic mass is 32.1. The normalized spacial score (nSPS) is 16.4. The Labute approximate surface area is 164 Å². The molecule has 1 aliphatic rings. The zero-order valence-corrected chi connectivity index (χ0v) is 16.4. The number of hydrogen-bond acceptors (Lipinski definition) is 3. The Kier molecular flexibility index (Phi) is 5.76. The highest BCUT2D eigenvalue weighted by Crippen LogP contribution is 2.29. The first-order chi connectivity index (χ1) is 13.0. The van der Waals surface area contributed by atoms with Crippen LogP contribution in [0.2, 0.25) is 0 Å². The molecule has 1 heterocycles. The lowest BCUT2D eigenvalue weighted by Crippen LogP contribution is -2.45. The summed E-state index contributed by atoms with van der Waals surface area (Å²) < 4.78 is 5.50. The van der Waals surface area contributed by atoms with Crippen LogP contribution in [0.15, 0.2) is 59.8 Å². The van der Waals surface area contributed by atoms with E-state index in [4.69, 9.17) is 17.0 Å². The van der Waals surface area contributed by atoms with Crippen LogP contribution in [0.25, 0.3) is 0 Å². The van der Waals surface area contributed by atoms with Crippen molar-refractivity contribution in [3.05, 3.63) is 70.9 Å². The predicted octanol–water partition coefficient (Wildman–Crippen LogP) is 3.83. The maximum absolute atomic E-state index is 13.0. The molecule has 3 N–H and O–H groups in total. The lowest BCUT2D eigenvalue weighted by Gasteiger charge is -2.30. The molecular formula is C21H23N3O2S. The maximum atomic E-state index is 13.0. The fourth-order valence-corrected chi connectivity index (χ4v) is 3.27. The molecule has 0 aromatic heterocycles. The number of carbonyl (C=O) groups excluding carboxylic acids is 1. The van der Waals surface area contributed by atoms with Crippen LogP contribution in [0.1, 0.15) is 31.0 Å².